The third kappa shape index (κ3) is 3.95. The van der Waals surface area contributed by atoms with Crippen LogP contribution in [0.25, 0.3) is 0 Å². The highest BCUT2D eigenvalue weighted by molar-refractivity contribution is 7.89. The number of nitrogens with one attached hydrogen (secondary N) is 1. The van der Waals surface area contributed by atoms with Crippen LogP contribution >= 0.6 is 0 Å². The number of ether oxygens (including phenoxy) is 2. The zero-order valence-corrected chi connectivity index (χ0v) is 17.1. The number of carbonyl (C=O) groups excluding carboxylic acids is 1. The highest BCUT2D eigenvalue weighted by atomic mass is 32.2. The van der Waals surface area contributed by atoms with Gasteiger partial charge in [-0.2, -0.15) is 4.31 Å². The molecule has 154 valence electrons. The van der Waals surface area contributed by atoms with Crippen LogP contribution in [0.4, 0.5) is 5.69 Å². The minimum absolute atomic E-state index is 0.0514. The van der Waals surface area contributed by atoms with Gasteiger partial charge in [0.2, 0.25) is 16.8 Å². The molecular weight excluding hydrogens is 392 g/mol. The Kier molecular flexibility index (Phi) is 5.47. The number of sulfonamides is 1. The van der Waals surface area contributed by atoms with Gasteiger partial charge in [0, 0.05) is 18.8 Å². The fourth-order valence-electron chi connectivity index (χ4n) is 3.82. The molecule has 0 aromatic heterocycles. The summed E-state index contributed by atoms with van der Waals surface area (Å²) in [6.45, 7) is 0.0840. The molecule has 4 rings (SSSR count). The number of benzene rings is 2. The van der Waals surface area contributed by atoms with Crippen molar-refractivity contribution in [3.8, 4) is 11.5 Å². The Labute approximate surface area is 170 Å². The fourth-order valence-corrected chi connectivity index (χ4v) is 5.24. The molecule has 2 aromatic rings. The molecule has 0 atom stereocenters. The van der Waals surface area contributed by atoms with E-state index in [2.05, 4.69) is 5.32 Å². The van der Waals surface area contributed by atoms with E-state index in [9.17, 15) is 13.2 Å². The summed E-state index contributed by atoms with van der Waals surface area (Å²) in [6, 6.07) is 11.4. The summed E-state index contributed by atoms with van der Waals surface area (Å²) in [5.74, 6) is 0.602. The van der Waals surface area contributed by atoms with Crippen molar-refractivity contribution in [3.05, 3.63) is 48.0 Å². The van der Waals surface area contributed by atoms with Crippen LogP contribution in [0.3, 0.4) is 0 Å². The van der Waals surface area contributed by atoms with E-state index in [0.717, 1.165) is 25.7 Å². The second-order valence-electron chi connectivity index (χ2n) is 7.33. The number of hydrogen-bond acceptors (Lipinski definition) is 5. The van der Waals surface area contributed by atoms with Gasteiger partial charge < -0.3 is 14.8 Å². The molecule has 0 bridgehead atoms. The van der Waals surface area contributed by atoms with Crippen LogP contribution in [0.1, 0.15) is 42.5 Å². The summed E-state index contributed by atoms with van der Waals surface area (Å²) in [7, 11) is -1.91. The zero-order chi connectivity index (χ0) is 20.4. The largest absolute Gasteiger partial charge is 0.454 e. The zero-order valence-electron chi connectivity index (χ0n) is 16.3. The lowest BCUT2D eigenvalue weighted by Gasteiger charge is -2.30. The number of anilines is 1. The monoisotopic (exact) mass is 416 g/mol. The van der Waals surface area contributed by atoms with E-state index >= 15 is 0 Å². The Morgan fingerprint density at radius 1 is 1.03 bits per heavy atom. The first kappa shape index (κ1) is 19.7. The topological polar surface area (TPSA) is 84.9 Å². The maximum Gasteiger partial charge on any atom is 0.259 e. The fraction of sp³-hybridized carbons (Fsp3) is 0.381. The lowest BCUT2D eigenvalue weighted by molar-refractivity contribution is 0.102. The first-order valence-corrected chi connectivity index (χ1v) is 11.2. The molecule has 1 fully saturated rings. The smallest absolute Gasteiger partial charge is 0.259 e. The normalized spacial score (nSPS) is 16.8. The number of para-hydroxylation sites is 1. The molecule has 0 saturated heterocycles. The molecule has 2 aromatic carbocycles. The van der Waals surface area contributed by atoms with Crippen molar-refractivity contribution in [1.29, 1.82) is 0 Å². The Bertz CT molecular complexity index is 998. The van der Waals surface area contributed by atoms with Gasteiger partial charge in [-0.15, -0.1) is 0 Å². The molecule has 1 N–H and O–H groups in total. The van der Waals surface area contributed by atoms with Crippen molar-refractivity contribution >= 4 is 21.6 Å². The minimum Gasteiger partial charge on any atom is -0.454 e. The van der Waals surface area contributed by atoms with Crippen molar-refractivity contribution in [2.45, 2.75) is 43.0 Å². The molecule has 8 heteroatoms. The molecule has 1 amide bonds. The van der Waals surface area contributed by atoms with E-state index < -0.39 is 10.0 Å². The van der Waals surface area contributed by atoms with Gasteiger partial charge >= 0.3 is 0 Å². The van der Waals surface area contributed by atoms with Gasteiger partial charge in [0.1, 0.15) is 0 Å². The molecule has 1 aliphatic heterocycles. The molecule has 1 saturated carbocycles. The summed E-state index contributed by atoms with van der Waals surface area (Å²) in [6.07, 6.45) is 5.09. The first-order chi connectivity index (χ1) is 14.0. The second-order valence-corrected chi connectivity index (χ2v) is 9.33. The van der Waals surface area contributed by atoms with Gasteiger partial charge in [-0.3, -0.25) is 4.79 Å². The summed E-state index contributed by atoms with van der Waals surface area (Å²) in [5, 5.41) is 2.78. The van der Waals surface area contributed by atoms with Crippen LogP contribution in [0.2, 0.25) is 0 Å². The number of amides is 1. The molecule has 1 heterocycles. The van der Waals surface area contributed by atoms with Gasteiger partial charge in [0.05, 0.1) is 10.5 Å². The molecule has 0 spiro atoms. The Balaban J connectivity index is 1.48. The SMILES string of the molecule is CN(C1CCCCC1)S(=O)(=O)c1ccc(NC(=O)c2cccc3c2OCO3)cc1. The third-order valence-electron chi connectivity index (χ3n) is 5.52. The number of rotatable bonds is 5. The van der Waals surface area contributed by atoms with Gasteiger partial charge in [-0.25, -0.2) is 8.42 Å². The summed E-state index contributed by atoms with van der Waals surface area (Å²) in [5.41, 5.74) is 0.875. The molecule has 0 unspecified atom stereocenters. The van der Waals surface area contributed by atoms with E-state index in [1.807, 2.05) is 0 Å². The van der Waals surface area contributed by atoms with Crippen LogP contribution < -0.4 is 14.8 Å². The van der Waals surface area contributed by atoms with Gasteiger partial charge in [0.25, 0.3) is 5.91 Å². The van der Waals surface area contributed by atoms with Gasteiger partial charge in [-0.05, 0) is 49.2 Å². The van der Waals surface area contributed by atoms with Crippen molar-refractivity contribution in [1.82, 2.24) is 4.31 Å². The predicted octanol–water partition coefficient (Wildman–Crippen LogP) is 3.62. The summed E-state index contributed by atoms with van der Waals surface area (Å²) < 4.78 is 38.0. The second kappa shape index (κ2) is 8.04. The standard InChI is InChI=1S/C21H24N2O5S/c1-23(16-6-3-2-4-7-16)29(25,26)17-12-10-15(11-13-17)22-21(24)18-8-5-9-19-20(18)28-14-27-19/h5,8-13,16H,2-4,6-7,14H2,1H3,(H,22,24). The number of fused-ring (bicyclic) bond motifs is 1. The quantitative estimate of drug-likeness (QED) is 0.805. The first-order valence-electron chi connectivity index (χ1n) is 9.75. The molecule has 2 aliphatic rings. The van der Waals surface area contributed by atoms with Crippen LogP contribution in [0, 0.1) is 0 Å². The molecule has 1 aliphatic carbocycles. The molecular formula is C21H24N2O5S. The Morgan fingerprint density at radius 2 is 1.76 bits per heavy atom. The number of nitrogens with zero attached hydrogens (tertiary/aromatic N) is 1. The van der Waals surface area contributed by atoms with Gasteiger partial charge in [0.15, 0.2) is 11.5 Å². The van der Waals surface area contributed by atoms with E-state index in [0.29, 0.717) is 22.7 Å². The van der Waals surface area contributed by atoms with E-state index in [4.69, 9.17) is 9.47 Å². The van der Waals surface area contributed by atoms with E-state index in [1.165, 1.54) is 22.9 Å². The molecule has 7 nitrogen and oxygen atoms in total. The van der Waals surface area contributed by atoms with Crippen LogP contribution in [-0.2, 0) is 10.0 Å². The lowest BCUT2D eigenvalue weighted by atomic mass is 9.96. The van der Waals surface area contributed by atoms with E-state index in [-0.39, 0.29) is 23.6 Å². The third-order valence-corrected chi connectivity index (χ3v) is 7.44. The minimum atomic E-state index is -3.56. The summed E-state index contributed by atoms with van der Waals surface area (Å²) >= 11 is 0. The highest BCUT2D eigenvalue weighted by Crippen LogP contribution is 2.35. The number of hydrogen-bond donors (Lipinski definition) is 1. The molecule has 29 heavy (non-hydrogen) atoms. The van der Waals surface area contributed by atoms with Crippen molar-refractivity contribution in [2.24, 2.45) is 0 Å². The van der Waals surface area contributed by atoms with E-state index in [1.54, 1.807) is 37.4 Å². The average Bonchev–Trinajstić information content (AvgIpc) is 3.23. The molecule has 0 radical (unpaired) electrons. The lowest BCUT2D eigenvalue weighted by Crippen LogP contribution is -2.38. The van der Waals surface area contributed by atoms with Crippen LogP contribution in [0.5, 0.6) is 11.5 Å². The maximum absolute atomic E-state index is 12.9. The Hall–Kier alpha value is -2.58. The maximum atomic E-state index is 12.9. The van der Waals surface area contributed by atoms with Gasteiger partial charge in [-0.1, -0.05) is 25.3 Å². The van der Waals surface area contributed by atoms with Crippen LogP contribution in [-0.4, -0.2) is 38.5 Å². The average molecular weight is 416 g/mol. The summed E-state index contributed by atoms with van der Waals surface area (Å²) in [4.78, 5) is 12.8. The Morgan fingerprint density at radius 3 is 2.48 bits per heavy atom. The van der Waals surface area contributed by atoms with Crippen molar-refractivity contribution in [2.75, 3.05) is 19.2 Å². The number of carbonyl (C=O) groups is 1. The van der Waals surface area contributed by atoms with Crippen LogP contribution in [0.15, 0.2) is 47.4 Å². The predicted molar refractivity (Wildman–Crippen MR) is 109 cm³/mol. The van der Waals surface area contributed by atoms with Crippen molar-refractivity contribution in [3.63, 3.8) is 0 Å². The van der Waals surface area contributed by atoms with Crippen molar-refractivity contribution < 1.29 is 22.7 Å². The highest BCUT2D eigenvalue weighted by Gasteiger charge is 2.29.